The third kappa shape index (κ3) is 3.20. The van der Waals surface area contributed by atoms with E-state index >= 15 is 0 Å². The molecule has 1 amide bonds. The van der Waals surface area contributed by atoms with Crippen molar-refractivity contribution in [2.45, 2.75) is 13.3 Å². The normalized spacial score (nSPS) is 10.1. The number of hydrogen-bond acceptors (Lipinski definition) is 3. The lowest BCUT2D eigenvalue weighted by molar-refractivity contribution is -0.115. The molecule has 0 atom stereocenters. The van der Waals surface area contributed by atoms with Gasteiger partial charge in [-0.05, 0) is 42.3 Å². The number of benzene rings is 1. The highest BCUT2D eigenvalue weighted by atomic mass is 16.4. The van der Waals surface area contributed by atoms with E-state index in [2.05, 4.69) is 10.3 Å². The van der Waals surface area contributed by atoms with Crippen LogP contribution in [0.2, 0.25) is 0 Å². The third-order valence-electron chi connectivity index (χ3n) is 2.95. The summed E-state index contributed by atoms with van der Waals surface area (Å²) >= 11 is 0. The monoisotopic (exact) mass is 270 g/mol. The minimum atomic E-state index is -1.01. The van der Waals surface area contributed by atoms with Crippen molar-refractivity contribution in [1.29, 1.82) is 0 Å². The van der Waals surface area contributed by atoms with Crippen molar-refractivity contribution in [1.82, 2.24) is 4.98 Å². The summed E-state index contributed by atoms with van der Waals surface area (Å²) in [4.78, 5) is 26.9. The highest BCUT2D eigenvalue weighted by Crippen LogP contribution is 2.19. The number of nitrogens with one attached hydrogen (secondary N) is 1. The predicted molar refractivity (Wildman–Crippen MR) is 74.7 cm³/mol. The van der Waals surface area contributed by atoms with Crippen molar-refractivity contribution < 1.29 is 14.7 Å². The second-order valence-electron chi connectivity index (χ2n) is 4.36. The maximum absolute atomic E-state index is 11.9. The lowest BCUT2D eigenvalue weighted by Gasteiger charge is -2.10. The first-order valence-electron chi connectivity index (χ1n) is 6.09. The number of nitrogens with zero attached hydrogens (tertiary/aromatic N) is 1. The molecule has 0 aliphatic carbocycles. The van der Waals surface area contributed by atoms with Gasteiger partial charge in [0, 0.05) is 18.1 Å². The largest absolute Gasteiger partial charge is 0.478 e. The van der Waals surface area contributed by atoms with Gasteiger partial charge in [0.2, 0.25) is 5.91 Å². The molecule has 0 radical (unpaired) electrons. The molecular weight excluding hydrogens is 256 g/mol. The quantitative estimate of drug-likeness (QED) is 0.893. The van der Waals surface area contributed by atoms with E-state index in [1.54, 1.807) is 43.6 Å². The van der Waals surface area contributed by atoms with Crippen LogP contribution in [0.25, 0.3) is 0 Å². The van der Waals surface area contributed by atoms with Crippen molar-refractivity contribution >= 4 is 17.6 Å². The molecule has 0 fully saturated rings. The van der Waals surface area contributed by atoms with Gasteiger partial charge in [-0.25, -0.2) is 4.79 Å². The average molecular weight is 270 g/mol. The van der Waals surface area contributed by atoms with Crippen LogP contribution >= 0.6 is 0 Å². The molecule has 5 heteroatoms. The Bertz CT molecular complexity index is 639. The van der Waals surface area contributed by atoms with E-state index in [9.17, 15) is 9.59 Å². The van der Waals surface area contributed by atoms with Gasteiger partial charge in [-0.2, -0.15) is 0 Å². The van der Waals surface area contributed by atoms with Crippen molar-refractivity contribution in [2.24, 2.45) is 0 Å². The van der Waals surface area contributed by atoms with Crippen LogP contribution < -0.4 is 5.32 Å². The Kier molecular flexibility index (Phi) is 4.10. The Balaban J connectivity index is 2.12. The topological polar surface area (TPSA) is 79.3 Å². The number of carboxylic acids is 1. The van der Waals surface area contributed by atoms with Gasteiger partial charge in [-0.15, -0.1) is 0 Å². The molecule has 0 aliphatic heterocycles. The summed E-state index contributed by atoms with van der Waals surface area (Å²) in [5.74, 6) is -1.20. The fourth-order valence-electron chi connectivity index (χ4n) is 1.88. The number of aromatic nitrogens is 1. The van der Waals surface area contributed by atoms with Crippen LogP contribution in [0.5, 0.6) is 0 Å². The Morgan fingerprint density at radius 2 is 1.90 bits per heavy atom. The van der Waals surface area contributed by atoms with Crippen molar-refractivity contribution in [2.75, 3.05) is 5.32 Å². The number of pyridine rings is 1. The number of hydrogen-bond donors (Lipinski definition) is 2. The molecule has 5 nitrogen and oxygen atoms in total. The second kappa shape index (κ2) is 5.97. The average Bonchev–Trinajstić information content (AvgIpc) is 2.42. The number of carbonyl (C=O) groups excluding carboxylic acids is 1. The highest BCUT2D eigenvalue weighted by molar-refractivity contribution is 5.96. The Hall–Kier alpha value is -2.69. The van der Waals surface area contributed by atoms with Crippen molar-refractivity contribution in [3.8, 4) is 0 Å². The number of aromatic carboxylic acids is 1. The number of carbonyl (C=O) groups is 2. The van der Waals surface area contributed by atoms with Crippen LogP contribution in [0.15, 0.2) is 42.7 Å². The summed E-state index contributed by atoms with van der Waals surface area (Å²) in [6, 6.07) is 8.33. The summed E-state index contributed by atoms with van der Waals surface area (Å²) in [6.45, 7) is 1.67. The fourth-order valence-corrected chi connectivity index (χ4v) is 1.88. The molecular formula is C15H14N2O3. The van der Waals surface area contributed by atoms with Crippen LogP contribution in [0.4, 0.5) is 5.69 Å². The van der Waals surface area contributed by atoms with Gasteiger partial charge in [0.25, 0.3) is 0 Å². The minimum Gasteiger partial charge on any atom is -0.478 e. The van der Waals surface area contributed by atoms with E-state index in [-0.39, 0.29) is 17.9 Å². The summed E-state index contributed by atoms with van der Waals surface area (Å²) in [7, 11) is 0. The lowest BCUT2D eigenvalue weighted by atomic mass is 10.1. The van der Waals surface area contributed by atoms with Crippen LogP contribution in [0.1, 0.15) is 21.5 Å². The SMILES string of the molecule is Cc1c(NC(=O)Cc2ccncc2)cccc1C(=O)O. The zero-order valence-corrected chi connectivity index (χ0v) is 11.0. The van der Waals surface area contributed by atoms with Gasteiger partial charge >= 0.3 is 5.97 Å². The summed E-state index contributed by atoms with van der Waals surface area (Å²) in [5.41, 5.74) is 2.10. The third-order valence-corrected chi connectivity index (χ3v) is 2.95. The minimum absolute atomic E-state index is 0.187. The number of rotatable bonds is 4. The maximum Gasteiger partial charge on any atom is 0.336 e. The number of amides is 1. The van der Waals surface area contributed by atoms with Gasteiger partial charge < -0.3 is 10.4 Å². The molecule has 1 aromatic carbocycles. The van der Waals surface area contributed by atoms with Gasteiger partial charge in [-0.1, -0.05) is 6.07 Å². The molecule has 102 valence electrons. The fraction of sp³-hybridized carbons (Fsp3) is 0.133. The molecule has 1 heterocycles. The summed E-state index contributed by atoms with van der Waals surface area (Å²) in [6.07, 6.45) is 3.47. The molecule has 2 aromatic rings. The molecule has 0 aliphatic rings. The molecule has 0 saturated heterocycles. The lowest BCUT2D eigenvalue weighted by Crippen LogP contribution is -2.16. The van der Waals surface area contributed by atoms with E-state index in [0.29, 0.717) is 11.3 Å². The van der Waals surface area contributed by atoms with Gasteiger partial charge in [0.05, 0.1) is 12.0 Å². The number of anilines is 1. The number of carboxylic acid groups (broad SMARTS) is 1. The van der Waals surface area contributed by atoms with E-state index in [4.69, 9.17) is 5.11 Å². The van der Waals surface area contributed by atoms with Crippen LogP contribution in [-0.4, -0.2) is 22.0 Å². The van der Waals surface area contributed by atoms with Crippen LogP contribution in [0, 0.1) is 6.92 Å². The Morgan fingerprint density at radius 1 is 1.20 bits per heavy atom. The Morgan fingerprint density at radius 3 is 2.55 bits per heavy atom. The molecule has 20 heavy (non-hydrogen) atoms. The molecule has 0 spiro atoms. The first kappa shape index (κ1) is 13.7. The molecule has 2 rings (SSSR count). The molecule has 1 aromatic heterocycles. The predicted octanol–water partition coefficient (Wildman–Crippen LogP) is 2.27. The summed E-state index contributed by atoms with van der Waals surface area (Å²) in [5, 5.41) is 11.8. The van der Waals surface area contributed by atoms with Crippen molar-refractivity contribution in [3.05, 3.63) is 59.4 Å². The van der Waals surface area contributed by atoms with E-state index in [0.717, 1.165) is 5.56 Å². The Labute approximate surface area is 116 Å². The standard InChI is InChI=1S/C15H14N2O3/c1-10-12(15(19)20)3-2-4-13(10)17-14(18)9-11-5-7-16-8-6-11/h2-8H,9H2,1H3,(H,17,18)(H,19,20). The van der Waals surface area contributed by atoms with Crippen LogP contribution in [-0.2, 0) is 11.2 Å². The first-order chi connectivity index (χ1) is 9.58. The van der Waals surface area contributed by atoms with E-state index in [1.165, 1.54) is 6.07 Å². The zero-order chi connectivity index (χ0) is 14.5. The van der Waals surface area contributed by atoms with Crippen LogP contribution in [0.3, 0.4) is 0 Å². The van der Waals surface area contributed by atoms with Crippen molar-refractivity contribution in [3.63, 3.8) is 0 Å². The van der Waals surface area contributed by atoms with E-state index in [1.807, 2.05) is 0 Å². The van der Waals surface area contributed by atoms with Gasteiger partial charge in [0.15, 0.2) is 0 Å². The zero-order valence-electron chi connectivity index (χ0n) is 11.0. The molecule has 0 saturated carbocycles. The molecule has 2 N–H and O–H groups in total. The maximum atomic E-state index is 11.9. The smallest absolute Gasteiger partial charge is 0.336 e. The first-order valence-corrected chi connectivity index (χ1v) is 6.09. The highest BCUT2D eigenvalue weighted by Gasteiger charge is 2.12. The summed E-state index contributed by atoms with van der Waals surface area (Å²) < 4.78 is 0. The molecule has 0 bridgehead atoms. The second-order valence-corrected chi connectivity index (χ2v) is 4.36. The molecule has 0 unspecified atom stereocenters. The van der Waals surface area contributed by atoms with Gasteiger partial charge in [-0.3, -0.25) is 9.78 Å². The van der Waals surface area contributed by atoms with E-state index < -0.39 is 5.97 Å². The van der Waals surface area contributed by atoms with Gasteiger partial charge in [0.1, 0.15) is 0 Å².